The van der Waals surface area contributed by atoms with Crippen molar-refractivity contribution < 1.29 is 4.79 Å². The van der Waals surface area contributed by atoms with Crippen molar-refractivity contribution >= 4 is 22.5 Å². The molecule has 0 radical (unpaired) electrons. The van der Waals surface area contributed by atoms with E-state index in [0.717, 1.165) is 28.7 Å². The quantitative estimate of drug-likeness (QED) is 0.766. The molecule has 0 bridgehead atoms. The van der Waals surface area contributed by atoms with E-state index in [1.54, 1.807) is 6.33 Å². The lowest BCUT2D eigenvalue weighted by Crippen LogP contribution is -2.05. The summed E-state index contributed by atoms with van der Waals surface area (Å²) in [5.41, 5.74) is 4.25. The Hall–Kier alpha value is -2.56. The maximum Gasteiger partial charge on any atom is 0.221 e. The first kappa shape index (κ1) is 12.5. The zero-order valence-corrected chi connectivity index (χ0v) is 11.5. The molecule has 0 atom stereocenters. The number of hydrogen-bond donors (Lipinski definition) is 2. The molecule has 0 unspecified atom stereocenters. The predicted molar refractivity (Wildman–Crippen MR) is 78.6 cm³/mol. The molecule has 102 valence electrons. The third kappa shape index (κ3) is 2.30. The highest BCUT2D eigenvalue weighted by Gasteiger charge is 2.09. The van der Waals surface area contributed by atoms with E-state index in [4.69, 9.17) is 0 Å². The van der Waals surface area contributed by atoms with Gasteiger partial charge in [0.1, 0.15) is 0 Å². The molecule has 20 heavy (non-hydrogen) atoms. The van der Waals surface area contributed by atoms with E-state index in [-0.39, 0.29) is 5.91 Å². The van der Waals surface area contributed by atoms with E-state index in [1.807, 2.05) is 31.4 Å². The van der Waals surface area contributed by atoms with Crippen LogP contribution >= 0.6 is 0 Å². The highest BCUT2D eigenvalue weighted by Crippen LogP contribution is 2.25. The van der Waals surface area contributed by atoms with Crippen LogP contribution in [0.5, 0.6) is 0 Å². The first-order valence-electron chi connectivity index (χ1n) is 6.46. The van der Waals surface area contributed by atoms with E-state index in [2.05, 4.69) is 26.0 Å². The van der Waals surface area contributed by atoms with Crippen molar-refractivity contribution in [2.24, 2.45) is 7.05 Å². The van der Waals surface area contributed by atoms with Gasteiger partial charge in [-0.2, -0.15) is 0 Å². The molecule has 0 saturated heterocycles. The van der Waals surface area contributed by atoms with Crippen LogP contribution in [-0.2, 0) is 18.3 Å². The number of aromatic amines is 1. The third-order valence-corrected chi connectivity index (χ3v) is 3.33. The van der Waals surface area contributed by atoms with Gasteiger partial charge in [-0.25, -0.2) is 4.98 Å². The van der Waals surface area contributed by atoms with Crippen LogP contribution in [-0.4, -0.2) is 20.4 Å². The first-order valence-corrected chi connectivity index (χ1v) is 6.46. The van der Waals surface area contributed by atoms with Gasteiger partial charge in [0, 0.05) is 55.1 Å². The Morgan fingerprint density at radius 2 is 2.30 bits per heavy atom. The highest BCUT2D eigenvalue weighted by molar-refractivity contribution is 5.93. The van der Waals surface area contributed by atoms with Gasteiger partial charge in [0.15, 0.2) is 0 Å². The summed E-state index contributed by atoms with van der Waals surface area (Å²) in [5, 5.41) is 3.97. The molecule has 5 nitrogen and oxygen atoms in total. The zero-order chi connectivity index (χ0) is 14.1. The fraction of sp³-hybridized carbons (Fsp3) is 0.200. The minimum atomic E-state index is -0.0598. The molecule has 2 heterocycles. The topological polar surface area (TPSA) is 62.7 Å². The van der Waals surface area contributed by atoms with Gasteiger partial charge in [-0.1, -0.05) is 0 Å². The maximum absolute atomic E-state index is 11.2. The monoisotopic (exact) mass is 268 g/mol. The van der Waals surface area contributed by atoms with Gasteiger partial charge in [0.05, 0.1) is 6.33 Å². The van der Waals surface area contributed by atoms with Gasteiger partial charge in [0.25, 0.3) is 0 Å². The van der Waals surface area contributed by atoms with Gasteiger partial charge in [-0.05, 0) is 23.8 Å². The van der Waals surface area contributed by atoms with Gasteiger partial charge < -0.3 is 14.9 Å². The van der Waals surface area contributed by atoms with Crippen LogP contribution in [0.4, 0.5) is 5.69 Å². The molecule has 2 aromatic heterocycles. The van der Waals surface area contributed by atoms with E-state index in [1.165, 1.54) is 12.5 Å². The number of carbonyl (C=O) groups is 1. The minimum absolute atomic E-state index is 0.0598. The second-order valence-electron chi connectivity index (χ2n) is 4.93. The van der Waals surface area contributed by atoms with Crippen molar-refractivity contribution in [3.63, 3.8) is 0 Å². The van der Waals surface area contributed by atoms with Gasteiger partial charge in [-0.15, -0.1) is 0 Å². The molecule has 0 spiro atoms. The maximum atomic E-state index is 11.2. The number of nitrogens with one attached hydrogen (secondary N) is 2. The third-order valence-electron chi connectivity index (χ3n) is 3.33. The van der Waals surface area contributed by atoms with E-state index >= 15 is 0 Å². The lowest BCUT2D eigenvalue weighted by Gasteiger charge is -2.03. The van der Waals surface area contributed by atoms with Gasteiger partial charge in [-0.3, -0.25) is 4.79 Å². The number of rotatable bonds is 3. The summed E-state index contributed by atoms with van der Waals surface area (Å²) in [6.45, 7) is 1.51. The minimum Gasteiger partial charge on any atom is -0.350 e. The Morgan fingerprint density at radius 3 is 3.00 bits per heavy atom. The predicted octanol–water partition coefficient (Wildman–Crippen LogP) is 2.45. The summed E-state index contributed by atoms with van der Waals surface area (Å²) in [6, 6.07) is 5.96. The number of imidazole rings is 1. The molecule has 0 saturated carbocycles. The van der Waals surface area contributed by atoms with E-state index in [0.29, 0.717) is 0 Å². The molecule has 0 fully saturated rings. The Kier molecular flexibility index (Phi) is 3.02. The van der Waals surface area contributed by atoms with Crippen LogP contribution in [0.2, 0.25) is 0 Å². The lowest BCUT2D eigenvalue weighted by molar-refractivity contribution is -0.114. The van der Waals surface area contributed by atoms with Crippen LogP contribution < -0.4 is 5.32 Å². The number of aryl methyl sites for hydroxylation is 1. The molecule has 0 aliphatic heterocycles. The van der Waals surface area contributed by atoms with Crippen molar-refractivity contribution in [2.45, 2.75) is 13.3 Å². The Balaban J connectivity index is 2.04. The van der Waals surface area contributed by atoms with Crippen LogP contribution in [0.3, 0.4) is 0 Å². The molecular weight excluding hydrogens is 252 g/mol. The fourth-order valence-corrected chi connectivity index (χ4v) is 2.48. The number of benzene rings is 1. The lowest BCUT2D eigenvalue weighted by atomic mass is 10.1. The van der Waals surface area contributed by atoms with Crippen LogP contribution in [0.25, 0.3) is 10.9 Å². The Morgan fingerprint density at radius 1 is 1.45 bits per heavy atom. The summed E-state index contributed by atoms with van der Waals surface area (Å²) in [5.74, 6) is -0.0598. The summed E-state index contributed by atoms with van der Waals surface area (Å²) in [7, 11) is 2.02. The first-order chi connectivity index (χ1) is 9.63. The fourth-order valence-electron chi connectivity index (χ4n) is 2.48. The van der Waals surface area contributed by atoms with Crippen LogP contribution in [0.1, 0.15) is 18.2 Å². The van der Waals surface area contributed by atoms with Gasteiger partial charge in [0.2, 0.25) is 5.91 Å². The van der Waals surface area contributed by atoms with Crippen molar-refractivity contribution in [2.75, 3.05) is 5.32 Å². The van der Waals surface area contributed by atoms with Crippen LogP contribution in [0, 0.1) is 0 Å². The van der Waals surface area contributed by atoms with Crippen molar-refractivity contribution in [1.29, 1.82) is 0 Å². The molecule has 0 aliphatic carbocycles. The molecule has 2 N–H and O–H groups in total. The molecule has 1 aromatic carbocycles. The molecule has 5 heteroatoms. The Bertz CT molecular complexity index is 756. The number of carbonyl (C=O) groups excluding carboxylic acids is 1. The number of nitrogens with zero attached hydrogens (tertiary/aromatic N) is 2. The second-order valence-corrected chi connectivity index (χ2v) is 4.93. The van der Waals surface area contributed by atoms with Crippen molar-refractivity contribution in [3.8, 4) is 0 Å². The van der Waals surface area contributed by atoms with E-state index in [9.17, 15) is 4.79 Å². The summed E-state index contributed by atoms with van der Waals surface area (Å²) >= 11 is 0. The zero-order valence-electron chi connectivity index (χ0n) is 11.5. The summed E-state index contributed by atoms with van der Waals surface area (Å²) in [6.07, 6.45) is 6.42. The number of anilines is 1. The SMILES string of the molecule is CC(=O)Nc1ccc2c(c1)c(Cc1cnc[nH]1)cn2C. The van der Waals surface area contributed by atoms with Crippen LogP contribution in [0.15, 0.2) is 36.9 Å². The van der Waals surface area contributed by atoms with Gasteiger partial charge >= 0.3 is 0 Å². The summed E-state index contributed by atoms with van der Waals surface area (Å²) < 4.78 is 2.10. The van der Waals surface area contributed by atoms with E-state index < -0.39 is 0 Å². The molecule has 3 aromatic rings. The average molecular weight is 268 g/mol. The molecule has 1 amide bonds. The number of fused-ring (bicyclic) bond motifs is 1. The normalized spacial score (nSPS) is 10.9. The summed E-state index contributed by atoms with van der Waals surface area (Å²) in [4.78, 5) is 18.3. The highest BCUT2D eigenvalue weighted by atomic mass is 16.1. The molecular formula is C15H16N4O. The molecule has 0 aliphatic rings. The Labute approximate surface area is 116 Å². The average Bonchev–Trinajstić information content (AvgIpc) is 2.99. The number of aromatic nitrogens is 3. The second kappa shape index (κ2) is 4.85. The smallest absolute Gasteiger partial charge is 0.221 e. The van der Waals surface area contributed by atoms with Crippen molar-refractivity contribution in [3.05, 3.63) is 48.2 Å². The number of amides is 1. The number of H-pyrrole nitrogens is 1. The molecule has 3 rings (SSSR count). The number of hydrogen-bond acceptors (Lipinski definition) is 2. The largest absolute Gasteiger partial charge is 0.350 e. The standard InChI is InChI=1S/C15H16N4O/c1-10(20)18-12-3-4-15-14(6-12)11(8-19(15)2)5-13-7-16-9-17-13/h3-4,6-9H,5H2,1-2H3,(H,16,17)(H,18,20). The van der Waals surface area contributed by atoms with Crippen molar-refractivity contribution in [1.82, 2.24) is 14.5 Å².